The van der Waals surface area contributed by atoms with Gasteiger partial charge >= 0.3 is 47.8 Å². The predicted octanol–water partition coefficient (Wildman–Crippen LogP) is 19.4. The molecule has 0 aliphatic heterocycles. The van der Waals surface area contributed by atoms with Crippen LogP contribution in [0.2, 0.25) is 0 Å². The maximum Gasteiger partial charge on any atom is 0.338 e. The Labute approximate surface area is 729 Å². The van der Waals surface area contributed by atoms with Crippen molar-refractivity contribution in [1.29, 1.82) is 0 Å². The Bertz CT molecular complexity index is 4630. The molecule has 6 aromatic carbocycles. The molecule has 2 aromatic heterocycles. The fraction of sp³-hybridized carbons (Fsp3) is 0.412. The number of benzene rings is 6. The lowest BCUT2D eigenvalue weighted by atomic mass is 9.80. The first-order chi connectivity index (χ1) is 59.9. The third kappa shape index (κ3) is 36.0. The van der Waals surface area contributed by atoms with Gasteiger partial charge in [0.2, 0.25) is 0 Å². The molecular weight excluding hydrogens is 1610 g/mol. The highest BCUT2D eigenvalue weighted by atomic mass is 32.1. The van der Waals surface area contributed by atoms with Crippen molar-refractivity contribution in [3.05, 3.63) is 200 Å². The molecule has 2 aliphatic rings. The molecule has 0 radical (unpaired) electrons. The van der Waals surface area contributed by atoms with E-state index < -0.39 is 11.9 Å². The Balaban J connectivity index is 0.000000255. The number of carbonyl (C=O) groups is 10. The van der Waals surface area contributed by atoms with Crippen LogP contribution in [0.25, 0.3) is 32.0 Å². The lowest BCUT2D eigenvalue weighted by Crippen LogP contribution is -2.28. The molecule has 0 saturated heterocycles. The van der Waals surface area contributed by atoms with Gasteiger partial charge in [-0.25, -0.2) is 33.8 Å². The van der Waals surface area contributed by atoms with Crippen molar-refractivity contribution < 1.29 is 119 Å². The van der Waals surface area contributed by atoms with E-state index in [0.29, 0.717) is 166 Å². The number of carbonyl (C=O) groups excluding carboxylic acids is 10. The summed E-state index contributed by atoms with van der Waals surface area (Å²) in [6, 6.07) is 37.7. The number of aromatic nitrogens is 1. The third-order valence-electron chi connectivity index (χ3n) is 20.2. The number of hydrogen-bond donors (Lipinski definition) is 0. The van der Waals surface area contributed by atoms with E-state index in [4.69, 9.17) is 75.7 Å². The van der Waals surface area contributed by atoms with Gasteiger partial charge in [-0.15, -0.1) is 11.3 Å². The molecule has 0 amide bonds. The summed E-state index contributed by atoms with van der Waals surface area (Å²) in [5.74, 6) is 2.74. The minimum absolute atomic E-state index is 0.00886. The van der Waals surface area contributed by atoms with Gasteiger partial charge in [-0.3, -0.25) is 19.2 Å². The first kappa shape index (κ1) is 100. The molecule has 0 unspecified atom stereocenters. The lowest BCUT2D eigenvalue weighted by molar-refractivity contribution is -0.141. The second kappa shape index (κ2) is 56.3. The average molecular weight is 1730 g/mol. The number of fused-ring (bicyclic) bond motifs is 2. The Hall–Kier alpha value is -12.4. The predicted molar refractivity (Wildman–Crippen MR) is 471 cm³/mol. The largest absolute Gasteiger partial charge is 0.497 e. The van der Waals surface area contributed by atoms with Crippen LogP contribution in [0, 0.1) is 37.5 Å². The van der Waals surface area contributed by atoms with Crippen LogP contribution in [-0.2, 0) is 66.8 Å². The Morgan fingerprint density at radius 3 is 1.06 bits per heavy atom. The number of hydrogen-bond acceptors (Lipinski definition) is 27. The monoisotopic (exact) mass is 1730 g/mol. The van der Waals surface area contributed by atoms with Crippen LogP contribution in [0.1, 0.15) is 174 Å². The summed E-state index contributed by atoms with van der Waals surface area (Å²) in [6.07, 6.45) is 20.0. The van der Waals surface area contributed by atoms with Crippen LogP contribution in [-0.4, -0.2) is 146 Å². The van der Waals surface area contributed by atoms with E-state index in [9.17, 15) is 47.9 Å². The SMILES string of the molecule is C=CC(=O)OCCCCCCOC(=O)c1ccc(OC)cc1.C=CC(=O)OCCCCCCOc1ccc(OC)cc1.C=CC(=O)OCCCCOC(=O)c1ccc(OC)cc1.C=CC(=O)OCCCCOc1ccc(OC)cc1.CC(=O)C1CCC(C(=O)Oc2ccc(OC(=O)C3CCC(C(C)=O)CC3)c3sc(-c4cc5ccc(C)c(C)c5o4)nc23)CC1. The molecule has 27 heteroatoms. The van der Waals surface area contributed by atoms with E-state index in [1.54, 1.807) is 103 Å². The zero-order chi connectivity index (χ0) is 90.0. The molecule has 2 fully saturated rings. The number of esters is 8. The van der Waals surface area contributed by atoms with Crippen molar-refractivity contribution in [2.24, 2.45) is 23.7 Å². The zero-order valence-electron chi connectivity index (χ0n) is 72.4. The van der Waals surface area contributed by atoms with Crippen molar-refractivity contribution in [3.63, 3.8) is 0 Å². The van der Waals surface area contributed by atoms with Gasteiger partial charge in [-0.2, -0.15) is 0 Å². The van der Waals surface area contributed by atoms with Gasteiger partial charge < -0.3 is 70.7 Å². The van der Waals surface area contributed by atoms with Crippen LogP contribution >= 0.6 is 11.3 Å². The molecule has 666 valence electrons. The molecule has 2 aliphatic carbocycles. The summed E-state index contributed by atoms with van der Waals surface area (Å²) in [5, 5.41) is 1.54. The average Bonchev–Trinajstić information content (AvgIpc) is 1.61. The van der Waals surface area contributed by atoms with E-state index in [1.165, 1.54) is 17.4 Å². The summed E-state index contributed by atoms with van der Waals surface area (Å²) >= 11 is 1.32. The minimum atomic E-state index is -0.444. The molecule has 0 bridgehead atoms. The van der Waals surface area contributed by atoms with Crippen molar-refractivity contribution in [2.75, 3.05) is 81.3 Å². The number of thiazole rings is 1. The number of aryl methyl sites for hydroxylation is 2. The van der Waals surface area contributed by atoms with Crippen molar-refractivity contribution in [2.45, 2.75) is 156 Å². The van der Waals surface area contributed by atoms with Gasteiger partial charge in [0.1, 0.15) is 61.9 Å². The highest BCUT2D eigenvalue weighted by molar-refractivity contribution is 7.22. The van der Waals surface area contributed by atoms with Gasteiger partial charge in [-0.1, -0.05) is 38.4 Å². The maximum atomic E-state index is 13.2. The molecule has 8 aromatic rings. The number of nitrogens with zero attached hydrogens (tertiary/aromatic N) is 1. The summed E-state index contributed by atoms with van der Waals surface area (Å²) in [4.78, 5) is 121. The van der Waals surface area contributed by atoms with Crippen LogP contribution in [0.4, 0.5) is 0 Å². The lowest BCUT2D eigenvalue weighted by Gasteiger charge is -2.25. The van der Waals surface area contributed by atoms with Crippen LogP contribution in [0.15, 0.2) is 182 Å². The Morgan fingerprint density at radius 1 is 0.387 bits per heavy atom. The Morgan fingerprint density at radius 2 is 0.702 bits per heavy atom. The normalized spacial score (nSPS) is 14.2. The smallest absolute Gasteiger partial charge is 0.338 e. The third-order valence-corrected chi connectivity index (χ3v) is 21.2. The highest BCUT2D eigenvalue weighted by Crippen LogP contribution is 2.44. The maximum absolute atomic E-state index is 13.2. The second-order valence-corrected chi connectivity index (χ2v) is 30.0. The molecule has 0 N–H and O–H groups in total. The minimum Gasteiger partial charge on any atom is -0.497 e. The standard InChI is InChI=1S/C35H37NO7S.C17H22O5.C16H22O4.C15H18O5.C14H18O4/c1-18-5-6-26-17-29(41-31(26)19(18)2)33-36-30-27(42-34(39)24-11-7-22(8-12-24)20(3)37)15-16-28(32(30)44-33)43-35(40)25-13-9-23(10-14-25)21(4)38;1-3-16(18)21-12-6-4-5-7-13-22-17(19)14-8-10-15(20-2)11-9-14;1-3-16(17)20-13-7-5-4-6-12-19-15-10-8-14(18-2)9-11-15;1-3-14(16)19-10-4-5-11-20-15(17)12-6-8-13(18-2)9-7-12;1-3-14(15)18-11-5-4-10-17-13-8-6-12(16-2)7-9-13/h5-6,15-17,22-25H,7-14H2,1-4H3;3,8-11H,1,4-7,12-13H2,2H3;3,8-11H,1,4-7,12-13H2,2H3;3,6-9H,1,4-5,10-11H2,2H3;3,6-9H,1,4-5,10-11H2,2H3. The topological polar surface area (TPSA) is 326 Å². The van der Waals surface area contributed by atoms with E-state index in [0.717, 1.165) is 128 Å². The molecule has 26 nitrogen and oxygen atoms in total. The first-order valence-electron chi connectivity index (χ1n) is 41.7. The van der Waals surface area contributed by atoms with E-state index >= 15 is 0 Å². The van der Waals surface area contributed by atoms with Gasteiger partial charge in [0.05, 0.1) is 104 Å². The van der Waals surface area contributed by atoms with Gasteiger partial charge in [0.25, 0.3) is 0 Å². The van der Waals surface area contributed by atoms with Crippen molar-refractivity contribution in [3.8, 4) is 56.8 Å². The van der Waals surface area contributed by atoms with E-state index in [1.807, 2.05) is 74.5 Å². The molecule has 2 saturated carbocycles. The number of ketones is 2. The van der Waals surface area contributed by atoms with E-state index in [2.05, 4.69) is 32.4 Å². The number of rotatable bonds is 43. The van der Waals surface area contributed by atoms with Gasteiger partial charge in [0.15, 0.2) is 22.3 Å². The van der Waals surface area contributed by atoms with Gasteiger partial charge in [0, 0.05) is 41.5 Å². The molecular formula is C97H117NO25S. The number of ether oxygens (including phenoxy) is 14. The number of furan rings is 1. The highest BCUT2D eigenvalue weighted by Gasteiger charge is 2.33. The molecule has 124 heavy (non-hydrogen) atoms. The van der Waals surface area contributed by atoms with Crippen LogP contribution < -0.4 is 37.9 Å². The number of methoxy groups -OCH3 is 4. The first-order valence-corrected chi connectivity index (χ1v) is 42.5. The number of unbranched alkanes of at least 4 members (excludes halogenated alkanes) is 8. The van der Waals surface area contributed by atoms with Gasteiger partial charge in [-0.05, 0) is 282 Å². The summed E-state index contributed by atoms with van der Waals surface area (Å²) < 4.78 is 79.7. The fourth-order valence-electron chi connectivity index (χ4n) is 12.7. The van der Waals surface area contributed by atoms with Crippen LogP contribution in [0.3, 0.4) is 0 Å². The molecule has 0 atom stereocenters. The molecule has 2 heterocycles. The summed E-state index contributed by atoms with van der Waals surface area (Å²) in [6.45, 7) is 24.1. The Kier molecular flexibility index (Phi) is 45.6. The summed E-state index contributed by atoms with van der Waals surface area (Å²) in [7, 11) is 6.40. The van der Waals surface area contributed by atoms with Crippen molar-refractivity contribution >= 4 is 91.8 Å². The summed E-state index contributed by atoms with van der Waals surface area (Å²) in [5.41, 5.74) is 4.38. The molecule has 0 spiro atoms. The fourth-order valence-corrected chi connectivity index (χ4v) is 13.6. The second-order valence-electron chi connectivity index (χ2n) is 29.0. The quantitative estimate of drug-likeness (QED) is 0.0113. The molecule has 10 rings (SSSR count). The van der Waals surface area contributed by atoms with E-state index in [-0.39, 0.29) is 77.7 Å². The van der Waals surface area contributed by atoms with Crippen molar-refractivity contribution in [1.82, 2.24) is 4.98 Å². The van der Waals surface area contributed by atoms with Crippen LogP contribution in [0.5, 0.6) is 46.0 Å². The zero-order valence-corrected chi connectivity index (χ0v) is 73.2. The number of Topliss-reactive ketones (excluding diaryl/α,β-unsaturated/α-hetero) is 2.